The molecule has 21 heavy (non-hydrogen) atoms. The van der Waals surface area contributed by atoms with Crippen LogP contribution in [-0.2, 0) is 18.8 Å². The summed E-state index contributed by atoms with van der Waals surface area (Å²) >= 11 is 1.01. The molecule has 0 bridgehead atoms. The van der Waals surface area contributed by atoms with Crippen LogP contribution in [0.25, 0.3) is 0 Å². The number of hydrogen-bond donors (Lipinski definition) is 1. The van der Waals surface area contributed by atoms with Gasteiger partial charge in [0.1, 0.15) is 5.00 Å². The van der Waals surface area contributed by atoms with Crippen LogP contribution in [0, 0.1) is 0 Å². The van der Waals surface area contributed by atoms with Gasteiger partial charge in [-0.05, 0) is 23.8 Å². The molecule has 2 nitrogen and oxygen atoms in total. The van der Waals surface area contributed by atoms with Crippen molar-refractivity contribution in [1.29, 1.82) is 0 Å². The third-order valence-electron chi connectivity index (χ3n) is 2.57. The average Bonchev–Trinajstić information content (AvgIpc) is 2.72. The van der Waals surface area contributed by atoms with E-state index in [1.807, 2.05) is 0 Å². The summed E-state index contributed by atoms with van der Waals surface area (Å²) < 4.78 is 76.1. The normalized spacial score (nSPS) is 12.7. The fourth-order valence-electron chi connectivity index (χ4n) is 1.70. The molecule has 0 saturated carbocycles. The van der Waals surface area contributed by atoms with Gasteiger partial charge in [-0.25, -0.2) is 4.98 Å². The predicted molar refractivity (Wildman–Crippen MR) is 65.8 cm³/mol. The van der Waals surface area contributed by atoms with Crippen molar-refractivity contribution < 1.29 is 26.3 Å². The van der Waals surface area contributed by atoms with Gasteiger partial charge in [0.05, 0.1) is 22.3 Å². The molecule has 9 heteroatoms. The van der Waals surface area contributed by atoms with Crippen molar-refractivity contribution in [1.82, 2.24) is 4.98 Å². The first-order chi connectivity index (χ1) is 9.55. The first-order valence-corrected chi connectivity index (χ1v) is 6.36. The number of alkyl halides is 6. The van der Waals surface area contributed by atoms with Gasteiger partial charge < -0.3 is 5.73 Å². The zero-order chi connectivity index (χ0) is 15.8. The zero-order valence-corrected chi connectivity index (χ0v) is 11.0. The fraction of sp³-hybridized carbons (Fsp3) is 0.250. The number of nitrogen functional groups attached to an aromatic ring is 1. The molecule has 0 radical (unpaired) electrons. The Morgan fingerprint density at radius 1 is 0.952 bits per heavy atom. The van der Waals surface area contributed by atoms with Gasteiger partial charge in [0.25, 0.3) is 0 Å². The lowest BCUT2D eigenvalue weighted by Gasteiger charge is -2.13. The van der Waals surface area contributed by atoms with E-state index in [9.17, 15) is 26.3 Å². The van der Waals surface area contributed by atoms with E-state index in [0.29, 0.717) is 22.1 Å². The summed E-state index contributed by atoms with van der Waals surface area (Å²) in [5.41, 5.74) is 2.64. The summed E-state index contributed by atoms with van der Waals surface area (Å²) in [5, 5.41) is 0.688. The number of thiazole rings is 1. The summed E-state index contributed by atoms with van der Waals surface area (Å²) in [4.78, 5) is 3.83. The molecule has 0 fully saturated rings. The number of anilines is 1. The van der Waals surface area contributed by atoms with E-state index in [2.05, 4.69) is 4.98 Å². The zero-order valence-electron chi connectivity index (χ0n) is 10.2. The van der Waals surface area contributed by atoms with Crippen LogP contribution in [0.15, 0.2) is 24.4 Å². The quantitative estimate of drug-likeness (QED) is 0.833. The Balaban J connectivity index is 2.45. The molecule has 1 aromatic heterocycles. The van der Waals surface area contributed by atoms with E-state index in [4.69, 9.17) is 5.73 Å². The number of hydrogen-bond acceptors (Lipinski definition) is 3. The molecule has 0 saturated heterocycles. The van der Waals surface area contributed by atoms with Crippen LogP contribution in [0.2, 0.25) is 0 Å². The molecule has 0 aliphatic heterocycles. The maximum absolute atomic E-state index is 12.7. The molecule has 0 amide bonds. The molecule has 0 aliphatic rings. The lowest BCUT2D eigenvalue weighted by Crippen LogP contribution is -2.11. The topological polar surface area (TPSA) is 38.9 Å². The van der Waals surface area contributed by atoms with Crippen LogP contribution in [-0.4, -0.2) is 4.98 Å². The lowest BCUT2D eigenvalue weighted by molar-refractivity contribution is -0.143. The minimum absolute atomic E-state index is 0.0969. The van der Waals surface area contributed by atoms with Crippen LogP contribution in [0.5, 0.6) is 0 Å². The van der Waals surface area contributed by atoms with Crippen molar-refractivity contribution in [2.75, 3.05) is 5.73 Å². The Morgan fingerprint density at radius 2 is 1.48 bits per heavy atom. The van der Waals surface area contributed by atoms with E-state index in [1.54, 1.807) is 0 Å². The Kier molecular flexibility index (Phi) is 3.87. The van der Waals surface area contributed by atoms with E-state index in [-0.39, 0.29) is 18.1 Å². The van der Waals surface area contributed by atoms with Gasteiger partial charge in [0, 0.05) is 6.42 Å². The molecule has 0 unspecified atom stereocenters. The summed E-state index contributed by atoms with van der Waals surface area (Å²) in [6.45, 7) is 0. The standard InChI is InChI=1S/C12H8F6N2S/c13-11(14,15)7-1-6(2-8(4-7)12(16,17)18)3-10-20-5-9(19)21-10/h1-2,4-5H,3,19H2. The van der Waals surface area contributed by atoms with Crippen LogP contribution in [0.3, 0.4) is 0 Å². The van der Waals surface area contributed by atoms with E-state index in [1.165, 1.54) is 6.20 Å². The van der Waals surface area contributed by atoms with Gasteiger partial charge in [-0.15, -0.1) is 11.3 Å². The van der Waals surface area contributed by atoms with Gasteiger partial charge in [-0.3, -0.25) is 0 Å². The smallest absolute Gasteiger partial charge is 0.389 e. The van der Waals surface area contributed by atoms with Crippen molar-refractivity contribution in [2.24, 2.45) is 0 Å². The summed E-state index contributed by atoms with van der Waals surface area (Å²) in [6, 6.07) is 1.47. The second kappa shape index (κ2) is 5.21. The van der Waals surface area contributed by atoms with Crippen LogP contribution in [0.1, 0.15) is 21.7 Å². The highest BCUT2D eigenvalue weighted by Crippen LogP contribution is 2.36. The van der Waals surface area contributed by atoms with Gasteiger partial charge in [0.15, 0.2) is 0 Å². The maximum atomic E-state index is 12.7. The predicted octanol–water partition coefficient (Wildman–Crippen LogP) is 4.35. The number of nitrogens with two attached hydrogens (primary N) is 1. The van der Waals surface area contributed by atoms with Crippen LogP contribution >= 0.6 is 11.3 Å². The van der Waals surface area contributed by atoms with Gasteiger partial charge >= 0.3 is 12.4 Å². The van der Waals surface area contributed by atoms with Crippen molar-refractivity contribution >= 4 is 16.3 Å². The molecule has 0 spiro atoms. The monoisotopic (exact) mass is 326 g/mol. The summed E-state index contributed by atoms with van der Waals surface area (Å²) in [7, 11) is 0. The third kappa shape index (κ3) is 3.87. The summed E-state index contributed by atoms with van der Waals surface area (Å²) in [5.74, 6) is 0. The summed E-state index contributed by atoms with van der Waals surface area (Å²) in [6.07, 6.45) is -8.54. The minimum Gasteiger partial charge on any atom is -0.389 e. The molecular weight excluding hydrogens is 318 g/mol. The number of halogens is 6. The van der Waals surface area contributed by atoms with Gasteiger partial charge in [-0.1, -0.05) is 0 Å². The van der Waals surface area contributed by atoms with Crippen LogP contribution in [0.4, 0.5) is 31.3 Å². The minimum atomic E-state index is -4.85. The Morgan fingerprint density at radius 3 is 1.86 bits per heavy atom. The molecule has 2 aromatic rings. The van der Waals surface area contributed by atoms with E-state index >= 15 is 0 Å². The molecule has 0 aliphatic carbocycles. The van der Waals surface area contributed by atoms with Crippen molar-refractivity contribution in [3.63, 3.8) is 0 Å². The largest absolute Gasteiger partial charge is 0.416 e. The van der Waals surface area contributed by atoms with E-state index in [0.717, 1.165) is 11.3 Å². The second-order valence-corrected chi connectivity index (χ2v) is 5.39. The number of aromatic nitrogens is 1. The highest BCUT2D eigenvalue weighted by atomic mass is 32.1. The Labute approximate surface area is 119 Å². The molecule has 1 aromatic carbocycles. The fourth-order valence-corrected chi connectivity index (χ4v) is 2.42. The maximum Gasteiger partial charge on any atom is 0.416 e. The SMILES string of the molecule is Nc1cnc(Cc2cc(C(F)(F)F)cc(C(F)(F)F)c2)s1. The number of rotatable bonds is 2. The number of nitrogens with zero attached hydrogens (tertiary/aromatic N) is 1. The lowest BCUT2D eigenvalue weighted by atomic mass is 10.0. The highest BCUT2D eigenvalue weighted by molar-refractivity contribution is 7.15. The first-order valence-electron chi connectivity index (χ1n) is 5.54. The van der Waals surface area contributed by atoms with Gasteiger partial charge in [-0.2, -0.15) is 26.3 Å². The molecular formula is C12H8F6N2S. The molecule has 2 N–H and O–H groups in total. The van der Waals surface area contributed by atoms with Crippen molar-refractivity contribution in [2.45, 2.75) is 18.8 Å². The first kappa shape index (κ1) is 15.6. The third-order valence-corrected chi connectivity index (χ3v) is 3.40. The van der Waals surface area contributed by atoms with Crippen molar-refractivity contribution in [3.05, 3.63) is 46.1 Å². The molecule has 1 heterocycles. The average molecular weight is 326 g/mol. The van der Waals surface area contributed by atoms with E-state index < -0.39 is 23.5 Å². The van der Waals surface area contributed by atoms with Crippen LogP contribution < -0.4 is 5.73 Å². The Hall–Kier alpha value is -1.77. The molecule has 0 atom stereocenters. The second-order valence-electron chi connectivity index (χ2n) is 4.25. The molecule has 2 rings (SSSR count). The van der Waals surface area contributed by atoms with Gasteiger partial charge in [0.2, 0.25) is 0 Å². The number of benzene rings is 1. The highest BCUT2D eigenvalue weighted by Gasteiger charge is 2.36. The molecule has 114 valence electrons. The van der Waals surface area contributed by atoms with Crippen molar-refractivity contribution in [3.8, 4) is 0 Å². The Bertz CT molecular complexity index is 612.